The second-order valence-electron chi connectivity index (χ2n) is 4.88. The van der Waals surface area contributed by atoms with E-state index in [0.717, 1.165) is 5.56 Å². The molecule has 1 aliphatic heterocycles. The van der Waals surface area contributed by atoms with Crippen molar-refractivity contribution >= 4 is 11.7 Å². The Bertz CT molecular complexity index is 698. The van der Waals surface area contributed by atoms with Crippen molar-refractivity contribution in [1.29, 1.82) is 0 Å². The molecule has 1 atom stereocenters. The summed E-state index contributed by atoms with van der Waals surface area (Å²) in [6.07, 6.45) is 1.41. The van der Waals surface area contributed by atoms with Gasteiger partial charge in [0.1, 0.15) is 5.75 Å². The average molecular weight is 312 g/mol. The standard InChI is InChI=1S/C17H16N2O4/c1-2-21-17(20)15-11-14(19-23-15)12-6-8-13(9-7-12)22-16-5-3-4-10-18-16/h3-10,15H,2,11H2,1H3. The molecular weight excluding hydrogens is 296 g/mol. The highest BCUT2D eigenvalue weighted by Gasteiger charge is 2.29. The van der Waals surface area contributed by atoms with E-state index in [0.29, 0.717) is 30.4 Å². The summed E-state index contributed by atoms with van der Waals surface area (Å²) in [6.45, 7) is 2.09. The zero-order valence-corrected chi connectivity index (χ0v) is 12.6. The number of rotatable bonds is 5. The predicted octanol–water partition coefficient (Wildman–Crippen LogP) is 2.93. The van der Waals surface area contributed by atoms with Crippen molar-refractivity contribution < 1.29 is 19.1 Å². The van der Waals surface area contributed by atoms with Gasteiger partial charge in [-0.15, -0.1) is 0 Å². The maximum atomic E-state index is 11.6. The Labute approximate surface area is 133 Å². The largest absolute Gasteiger partial charge is 0.463 e. The minimum atomic E-state index is -0.658. The van der Waals surface area contributed by atoms with Gasteiger partial charge >= 0.3 is 5.97 Å². The predicted molar refractivity (Wildman–Crippen MR) is 83.4 cm³/mol. The third-order valence-corrected chi connectivity index (χ3v) is 3.27. The Morgan fingerprint density at radius 1 is 1.26 bits per heavy atom. The fourth-order valence-corrected chi connectivity index (χ4v) is 2.15. The van der Waals surface area contributed by atoms with Crippen LogP contribution in [0.2, 0.25) is 0 Å². The molecule has 0 spiro atoms. The van der Waals surface area contributed by atoms with Gasteiger partial charge in [-0.25, -0.2) is 9.78 Å². The summed E-state index contributed by atoms with van der Waals surface area (Å²) in [6, 6.07) is 12.9. The third kappa shape index (κ3) is 3.66. The molecule has 0 saturated heterocycles. The first kappa shape index (κ1) is 15.0. The van der Waals surface area contributed by atoms with Crippen LogP contribution in [0.3, 0.4) is 0 Å². The number of carbonyl (C=O) groups excluding carboxylic acids is 1. The van der Waals surface area contributed by atoms with E-state index in [4.69, 9.17) is 14.3 Å². The van der Waals surface area contributed by atoms with Crippen LogP contribution in [0, 0.1) is 0 Å². The minimum absolute atomic E-state index is 0.327. The van der Waals surface area contributed by atoms with E-state index in [1.807, 2.05) is 36.4 Å². The van der Waals surface area contributed by atoms with Crippen LogP contribution in [0.5, 0.6) is 11.6 Å². The van der Waals surface area contributed by atoms with Crippen molar-refractivity contribution in [2.45, 2.75) is 19.4 Å². The molecule has 118 valence electrons. The van der Waals surface area contributed by atoms with Crippen LogP contribution in [0.15, 0.2) is 53.8 Å². The van der Waals surface area contributed by atoms with Crippen LogP contribution in [0.25, 0.3) is 0 Å². The number of ether oxygens (including phenoxy) is 2. The number of hydrogen-bond donors (Lipinski definition) is 0. The number of oxime groups is 1. The Morgan fingerprint density at radius 3 is 2.78 bits per heavy atom. The Kier molecular flexibility index (Phi) is 4.52. The van der Waals surface area contributed by atoms with Gasteiger partial charge in [-0.05, 0) is 42.8 Å². The average Bonchev–Trinajstić information content (AvgIpc) is 3.07. The summed E-state index contributed by atoms with van der Waals surface area (Å²) >= 11 is 0. The Hall–Kier alpha value is -2.89. The van der Waals surface area contributed by atoms with Crippen molar-refractivity contribution in [3.8, 4) is 11.6 Å². The molecule has 0 saturated carbocycles. The number of esters is 1. The molecule has 3 rings (SSSR count). The quantitative estimate of drug-likeness (QED) is 0.794. The number of nitrogens with zero attached hydrogens (tertiary/aromatic N) is 2. The zero-order valence-electron chi connectivity index (χ0n) is 12.6. The maximum Gasteiger partial charge on any atom is 0.350 e. The van der Waals surface area contributed by atoms with E-state index in [9.17, 15) is 4.79 Å². The summed E-state index contributed by atoms with van der Waals surface area (Å²) in [5.74, 6) is 0.819. The van der Waals surface area contributed by atoms with Crippen molar-refractivity contribution in [3.63, 3.8) is 0 Å². The van der Waals surface area contributed by atoms with E-state index >= 15 is 0 Å². The van der Waals surface area contributed by atoms with Crippen molar-refractivity contribution in [1.82, 2.24) is 4.98 Å². The number of benzene rings is 1. The number of hydrogen-bond acceptors (Lipinski definition) is 6. The monoisotopic (exact) mass is 312 g/mol. The zero-order chi connectivity index (χ0) is 16.1. The first-order valence-corrected chi connectivity index (χ1v) is 7.35. The lowest BCUT2D eigenvalue weighted by Crippen LogP contribution is -2.23. The van der Waals surface area contributed by atoms with E-state index < -0.39 is 6.10 Å². The SMILES string of the molecule is CCOC(=O)C1CC(c2ccc(Oc3ccccn3)cc2)=NO1. The van der Waals surface area contributed by atoms with Crippen LogP contribution >= 0.6 is 0 Å². The molecule has 0 amide bonds. The Morgan fingerprint density at radius 2 is 2.09 bits per heavy atom. The van der Waals surface area contributed by atoms with Crippen molar-refractivity contribution in [3.05, 3.63) is 54.2 Å². The first-order chi connectivity index (χ1) is 11.3. The summed E-state index contributed by atoms with van der Waals surface area (Å²) in [5.41, 5.74) is 1.60. The van der Waals surface area contributed by atoms with Crippen molar-refractivity contribution in [2.24, 2.45) is 5.16 Å². The molecule has 1 aromatic carbocycles. The van der Waals surface area contributed by atoms with Gasteiger partial charge in [-0.3, -0.25) is 0 Å². The summed E-state index contributed by atoms with van der Waals surface area (Å²) < 4.78 is 10.6. The van der Waals surface area contributed by atoms with Crippen LogP contribution in [-0.4, -0.2) is 29.4 Å². The molecular formula is C17H16N2O4. The molecule has 0 aliphatic carbocycles. The van der Waals surface area contributed by atoms with Crippen molar-refractivity contribution in [2.75, 3.05) is 6.61 Å². The van der Waals surface area contributed by atoms with Gasteiger partial charge in [-0.2, -0.15) is 0 Å². The third-order valence-electron chi connectivity index (χ3n) is 3.27. The van der Waals surface area contributed by atoms with Gasteiger partial charge in [0.15, 0.2) is 0 Å². The summed E-state index contributed by atoms with van der Waals surface area (Å²) in [4.78, 5) is 20.9. The lowest BCUT2D eigenvalue weighted by atomic mass is 10.1. The second kappa shape index (κ2) is 6.91. The highest BCUT2D eigenvalue weighted by atomic mass is 16.7. The van der Waals surface area contributed by atoms with Crippen LogP contribution < -0.4 is 4.74 Å². The Balaban J connectivity index is 1.63. The van der Waals surface area contributed by atoms with Gasteiger partial charge in [0.2, 0.25) is 12.0 Å². The van der Waals surface area contributed by atoms with Gasteiger partial charge in [0, 0.05) is 18.7 Å². The molecule has 1 aromatic heterocycles. The molecule has 1 aliphatic rings. The normalized spacial score (nSPS) is 16.4. The lowest BCUT2D eigenvalue weighted by Gasteiger charge is -2.07. The smallest absolute Gasteiger partial charge is 0.350 e. The molecule has 0 fully saturated rings. The molecule has 0 radical (unpaired) electrons. The van der Waals surface area contributed by atoms with Gasteiger partial charge in [-0.1, -0.05) is 11.2 Å². The van der Waals surface area contributed by atoms with Gasteiger partial charge < -0.3 is 14.3 Å². The molecule has 2 heterocycles. The van der Waals surface area contributed by atoms with Crippen LogP contribution in [0.4, 0.5) is 0 Å². The van der Waals surface area contributed by atoms with Gasteiger partial charge in [0.05, 0.1) is 12.3 Å². The van der Waals surface area contributed by atoms with Gasteiger partial charge in [0.25, 0.3) is 0 Å². The molecule has 6 nitrogen and oxygen atoms in total. The molecule has 6 heteroatoms. The second-order valence-corrected chi connectivity index (χ2v) is 4.88. The maximum absolute atomic E-state index is 11.6. The van der Waals surface area contributed by atoms with E-state index in [-0.39, 0.29) is 5.97 Å². The van der Waals surface area contributed by atoms with E-state index in [2.05, 4.69) is 10.1 Å². The first-order valence-electron chi connectivity index (χ1n) is 7.35. The molecule has 0 N–H and O–H groups in total. The number of carbonyl (C=O) groups is 1. The number of aromatic nitrogens is 1. The molecule has 0 bridgehead atoms. The lowest BCUT2D eigenvalue weighted by molar-refractivity contribution is -0.154. The molecule has 23 heavy (non-hydrogen) atoms. The van der Waals surface area contributed by atoms with E-state index in [1.165, 1.54) is 0 Å². The number of pyridine rings is 1. The topological polar surface area (TPSA) is 70.0 Å². The van der Waals surface area contributed by atoms with Crippen LogP contribution in [-0.2, 0) is 14.4 Å². The molecule has 1 unspecified atom stereocenters. The highest BCUT2D eigenvalue weighted by Crippen LogP contribution is 2.22. The fourth-order valence-electron chi connectivity index (χ4n) is 2.15. The summed E-state index contributed by atoms with van der Waals surface area (Å²) in [5, 5.41) is 3.97. The van der Waals surface area contributed by atoms with Crippen LogP contribution in [0.1, 0.15) is 18.9 Å². The summed E-state index contributed by atoms with van der Waals surface area (Å²) in [7, 11) is 0. The minimum Gasteiger partial charge on any atom is -0.463 e. The highest BCUT2D eigenvalue weighted by molar-refractivity contribution is 6.03. The fraction of sp³-hybridized carbons (Fsp3) is 0.235. The molecule has 2 aromatic rings. The van der Waals surface area contributed by atoms with E-state index in [1.54, 1.807) is 19.2 Å².